The van der Waals surface area contributed by atoms with Gasteiger partial charge in [0.2, 0.25) is 5.91 Å². The van der Waals surface area contributed by atoms with Crippen LogP contribution in [-0.2, 0) is 23.0 Å². The molecule has 1 aliphatic heterocycles. The summed E-state index contributed by atoms with van der Waals surface area (Å²) in [6.45, 7) is 4.93. The number of amides is 2. The summed E-state index contributed by atoms with van der Waals surface area (Å²) in [6, 6.07) is 4.34. The number of carbonyl (C=O) groups is 2. The lowest BCUT2D eigenvalue weighted by Crippen LogP contribution is -2.45. The van der Waals surface area contributed by atoms with Crippen molar-refractivity contribution in [3.63, 3.8) is 0 Å². The Labute approximate surface area is 217 Å². The lowest BCUT2D eigenvalue weighted by atomic mass is 9.82. The molecule has 0 spiro atoms. The molecule has 2 aromatic rings. The number of hydrogen-bond donors (Lipinski definition) is 3. The Bertz CT molecular complexity index is 1130. The summed E-state index contributed by atoms with van der Waals surface area (Å²) in [5.74, 6) is -1.12. The number of aliphatic hydroxyl groups is 1. The Balaban J connectivity index is 1.21. The normalized spacial score (nSPS) is 24.5. The molecule has 0 radical (unpaired) electrons. The van der Waals surface area contributed by atoms with E-state index in [-0.39, 0.29) is 24.1 Å². The quantitative estimate of drug-likeness (QED) is 0.448. The molecule has 37 heavy (non-hydrogen) atoms. The summed E-state index contributed by atoms with van der Waals surface area (Å²) in [5.41, 5.74) is -1.96. The summed E-state index contributed by atoms with van der Waals surface area (Å²) in [6.07, 6.45) is 3.53. The highest BCUT2D eigenvalue weighted by Crippen LogP contribution is 2.41. The van der Waals surface area contributed by atoms with E-state index in [1.807, 2.05) is 12.3 Å². The van der Waals surface area contributed by atoms with E-state index >= 15 is 0 Å². The van der Waals surface area contributed by atoms with Crippen molar-refractivity contribution >= 4 is 23.2 Å². The largest absolute Gasteiger partial charge is 0.416 e. The molecule has 3 N–H and O–H groups in total. The molecule has 0 unspecified atom stereocenters. The van der Waals surface area contributed by atoms with E-state index < -0.39 is 23.2 Å². The Kier molecular flexibility index (Phi) is 8.35. The van der Waals surface area contributed by atoms with E-state index in [0.717, 1.165) is 60.3 Å². The molecule has 1 aromatic carbocycles. The van der Waals surface area contributed by atoms with Crippen molar-refractivity contribution in [1.29, 1.82) is 0 Å². The minimum atomic E-state index is -4.55. The average molecular weight is 537 g/mol. The van der Waals surface area contributed by atoms with Gasteiger partial charge in [-0.05, 0) is 50.3 Å². The molecule has 2 fully saturated rings. The van der Waals surface area contributed by atoms with E-state index in [4.69, 9.17) is 0 Å². The zero-order valence-corrected chi connectivity index (χ0v) is 21.2. The number of halogens is 3. The predicted octanol–water partition coefficient (Wildman–Crippen LogP) is 3.64. The smallest absolute Gasteiger partial charge is 0.383 e. The van der Waals surface area contributed by atoms with Gasteiger partial charge in [-0.2, -0.15) is 13.2 Å². The number of hydrogen-bond acceptors (Lipinski definition) is 6. The minimum Gasteiger partial charge on any atom is -0.383 e. The summed E-state index contributed by atoms with van der Waals surface area (Å²) in [4.78, 5) is 32.4. The Morgan fingerprint density at radius 3 is 2.73 bits per heavy atom. The van der Waals surface area contributed by atoms with Crippen molar-refractivity contribution in [2.24, 2.45) is 0 Å². The van der Waals surface area contributed by atoms with Crippen LogP contribution in [0.25, 0.3) is 0 Å². The molecule has 200 valence electrons. The van der Waals surface area contributed by atoms with Gasteiger partial charge in [0.05, 0.1) is 12.1 Å². The number of thiazole rings is 1. The van der Waals surface area contributed by atoms with E-state index in [9.17, 15) is 27.9 Å². The zero-order chi connectivity index (χ0) is 26.6. The SMILES string of the molecule is C=CCc1cnc(C2(O)CCC(N3CC[C@@H](NC(=O)CNC(=O)c4cccc(C(F)(F)F)c4)C3)CC2)s1. The van der Waals surface area contributed by atoms with Crippen LogP contribution in [0.15, 0.2) is 43.1 Å². The average Bonchev–Trinajstić information content (AvgIpc) is 3.53. The predicted molar refractivity (Wildman–Crippen MR) is 134 cm³/mol. The van der Waals surface area contributed by atoms with Crippen LogP contribution in [0.5, 0.6) is 0 Å². The summed E-state index contributed by atoms with van der Waals surface area (Å²) < 4.78 is 38.6. The Morgan fingerprint density at radius 2 is 2.03 bits per heavy atom. The van der Waals surface area contributed by atoms with Crippen molar-refractivity contribution in [2.75, 3.05) is 19.6 Å². The fourth-order valence-electron chi connectivity index (χ4n) is 5.03. The maximum absolute atomic E-state index is 12.9. The number of alkyl halides is 3. The molecule has 7 nitrogen and oxygen atoms in total. The molecule has 1 aliphatic carbocycles. The lowest BCUT2D eigenvalue weighted by Gasteiger charge is -2.38. The maximum atomic E-state index is 12.9. The van der Waals surface area contributed by atoms with E-state index in [0.29, 0.717) is 25.4 Å². The minimum absolute atomic E-state index is 0.0702. The van der Waals surface area contributed by atoms with Gasteiger partial charge < -0.3 is 15.7 Å². The fourth-order valence-corrected chi connectivity index (χ4v) is 6.09. The van der Waals surface area contributed by atoms with Crippen LogP contribution in [0.4, 0.5) is 13.2 Å². The number of carbonyl (C=O) groups excluding carboxylic acids is 2. The van der Waals surface area contributed by atoms with E-state index in [1.165, 1.54) is 17.4 Å². The van der Waals surface area contributed by atoms with Crippen LogP contribution < -0.4 is 10.6 Å². The number of benzene rings is 1. The lowest BCUT2D eigenvalue weighted by molar-refractivity contribution is -0.137. The van der Waals surface area contributed by atoms with Gasteiger partial charge in [-0.15, -0.1) is 17.9 Å². The molecular formula is C26H31F3N4O3S. The number of allylic oxidation sites excluding steroid dienone is 1. The second-order valence-corrected chi connectivity index (χ2v) is 10.8. The van der Waals surface area contributed by atoms with Crippen molar-refractivity contribution in [2.45, 2.75) is 62.4 Å². The van der Waals surface area contributed by atoms with Crippen LogP contribution in [0.1, 0.15) is 57.9 Å². The standard InChI is InChI=1S/C26H31F3N4O3S/c1-2-4-21-14-31-24(37-21)25(36)10-7-20(8-11-25)33-12-9-19(16-33)32-22(34)15-30-23(35)17-5-3-6-18(13-17)26(27,28)29/h2-3,5-6,13-14,19-20,36H,1,4,7-12,15-16H2,(H,30,35)(H,32,34)/t19-,20?,25?/m1/s1. The van der Waals surface area contributed by atoms with Gasteiger partial charge in [-0.3, -0.25) is 14.5 Å². The highest BCUT2D eigenvalue weighted by Gasteiger charge is 2.40. The molecule has 1 saturated carbocycles. The van der Waals surface area contributed by atoms with Crippen molar-refractivity contribution in [3.05, 3.63) is 64.1 Å². The van der Waals surface area contributed by atoms with Crippen molar-refractivity contribution in [3.8, 4) is 0 Å². The monoisotopic (exact) mass is 536 g/mol. The number of nitrogens with one attached hydrogen (secondary N) is 2. The van der Waals surface area contributed by atoms with Crippen LogP contribution in [-0.4, -0.2) is 58.5 Å². The van der Waals surface area contributed by atoms with Gasteiger partial charge in [-0.1, -0.05) is 12.1 Å². The molecule has 2 aliphatic rings. The van der Waals surface area contributed by atoms with Gasteiger partial charge >= 0.3 is 6.18 Å². The van der Waals surface area contributed by atoms with E-state index in [2.05, 4.69) is 27.1 Å². The number of nitrogens with zero attached hydrogens (tertiary/aromatic N) is 2. The molecule has 1 saturated heterocycles. The third kappa shape index (κ3) is 6.77. The second-order valence-electron chi connectivity index (χ2n) is 9.70. The molecule has 11 heteroatoms. The number of likely N-dealkylation sites (tertiary alicyclic amines) is 1. The third-order valence-corrected chi connectivity index (χ3v) is 8.26. The highest BCUT2D eigenvalue weighted by atomic mass is 32.1. The first kappa shape index (κ1) is 27.3. The van der Waals surface area contributed by atoms with Crippen molar-refractivity contribution < 1.29 is 27.9 Å². The molecule has 1 aromatic heterocycles. The van der Waals surface area contributed by atoms with Gasteiger partial charge in [0.1, 0.15) is 10.6 Å². The molecule has 2 heterocycles. The van der Waals surface area contributed by atoms with Gasteiger partial charge in [0.25, 0.3) is 5.91 Å². The fraction of sp³-hybridized carbons (Fsp3) is 0.500. The highest BCUT2D eigenvalue weighted by molar-refractivity contribution is 7.11. The van der Waals surface area contributed by atoms with Gasteiger partial charge in [-0.25, -0.2) is 4.98 Å². The molecule has 1 atom stereocenters. The van der Waals surface area contributed by atoms with Gasteiger partial charge in [0, 0.05) is 48.2 Å². The first-order chi connectivity index (χ1) is 17.6. The van der Waals surface area contributed by atoms with Crippen LogP contribution in [0, 0.1) is 0 Å². The summed E-state index contributed by atoms with van der Waals surface area (Å²) in [7, 11) is 0. The number of rotatable bonds is 8. The second kappa shape index (κ2) is 11.3. The van der Waals surface area contributed by atoms with Gasteiger partial charge in [0.15, 0.2) is 0 Å². The molecule has 0 bridgehead atoms. The van der Waals surface area contributed by atoms with Crippen LogP contribution in [0.2, 0.25) is 0 Å². The Morgan fingerprint density at radius 1 is 1.27 bits per heavy atom. The molecule has 2 amide bonds. The topological polar surface area (TPSA) is 94.6 Å². The Hall–Kier alpha value is -2.76. The third-order valence-electron chi connectivity index (χ3n) is 7.04. The first-order valence-electron chi connectivity index (χ1n) is 12.3. The van der Waals surface area contributed by atoms with Crippen molar-refractivity contribution in [1.82, 2.24) is 20.5 Å². The number of aromatic nitrogens is 1. The first-order valence-corrected chi connectivity index (χ1v) is 13.2. The van der Waals surface area contributed by atoms with E-state index in [1.54, 1.807) is 0 Å². The zero-order valence-electron chi connectivity index (χ0n) is 20.4. The summed E-state index contributed by atoms with van der Waals surface area (Å²) >= 11 is 1.54. The molecule has 4 rings (SSSR count). The summed E-state index contributed by atoms with van der Waals surface area (Å²) in [5, 5.41) is 17.2. The van der Waals surface area contributed by atoms with Crippen LogP contribution >= 0.6 is 11.3 Å². The van der Waals surface area contributed by atoms with Crippen LogP contribution in [0.3, 0.4) is 0 Å². The molecular weight excluding hydrogens is 505 g/mol. The maximum Gasteiger partial charge on any atom is 0.416 e.